The normalized spacial score (nSPS) is 10.1. The van der Waals surface area contributed by atoms with Crippen molar-refractivity contribution in [2.45, 2.75) is 13.5 Å². The van der Waals surface area contributed by atoms with Crippen LogP contribution < -0.4 is 10.6 Å². The second-order valence-corrected chi connectivity index (χ2v) is 4.92. The third kappa shape index (κ3) is 2.87. The standard InChI is InChI=1S/C13H15N3OS/c1-9-3-4-12(14-2)11(5-9)13(17)16-7-10-6-15-8-18-10/h3-6,8,14H,7H2,1-2H3,(H,16,17). The Balaban J connectivity index is 2.10. The van der Waals surface area contributed by atoms with Crippen LogP contribution in [-0.2, 0) is 6.54 Å². The highest BCUT2D eigenvalue weighted by molar-refractivity contribution is 7.09. The van der Waals surface area contributed by atoms with Gasteiger partial charge in [0, 0.05) is 23.8 Å². The van der Waals surface area contributed by atoms with Crippen LogP contribution in [0.3, 0.4) is 0 Å². The molecule has 0 aliphatic heterocycles. The van der Waals surface area contributed by atoms with Crippen LogP contribution in [0, 0.1) is 6.92 Å². The van der Waals surface area contributed by atoms with E-state index in [9.17, 15) is 4.79 Å². The number of carbonyl (C=O) groups excluding carboxylic acids is 1. The Kier molecular flexibility index (Phi) is 3.94. The third-order valence-corrected chi connectivity index (χ3v) is 3.38. The Hall–Kier alpha value is -1.88. The molecule has 2 N–H and O–H groups in total. The number of nitrogens with zero attached hydrogens (tertiary/aromatic N) is 1. The molecule has 1 aromatic heterocycles. The molecule has 94 valence electrons. The summed E-state index contributed by atoms with van der Waals surface area (Å²) in [5.74, 6) is -0.0727. The fourth-order valence-corrected chi connectivity index (χ4v) is 2.19. The minimum Gasteiger partial charge on any atom is -0.387 e. The molecule has 0 aliphatic carbocycles. The summed E-state index contributed by atoms with van der Waals surface area (Å²) < 4.78 is 0. The molecule has 4 nitrogen and oxygen atoms in total. The molecule has 0 spiro atoms. The fourth-order valence-electron chi connectivity index (χ4n) is 1.66. The maximum Gasteiger partial charge on any atom is 0.253 e. The highest BCUT2D eigenvalue weighted by atomic mass is 32.1. The number of amides is 1. The van der Waals surface area contributed by atoms with E-state index in [0.29, 0.717) is 12.1 Å². The van der Waals surface area contributed by atoms with E-state index in [-0.39, 0.29) is 5.91 Å². The van der Waals surface area contributed by atoms with Crippen LogP contribution in [0.15, 0.2) is 29.9 Å². The van der Waals surface area contributed by atoms with Crippen LogP contribution in [0.2, 0.25) is 0 Å². The number of hydrogen-bond donors (Lipinski definition) is 2. The Morgan fingerprint density at radius 1 is 1.44 bits per heavy atom. The maximum atomic E-state index is 12.1. The Morgan fingerprint density at radius 3 is 2.94 bits per heavy atom. The molecular formula is C13H15N3OS. The lowest BCUT2D eigenvalue weighted by atomic mass is 10.1. The highest BCUT2D eigenvalue weighted by Crippen LogP contribution is 2.17. The van der Waals surface area contributed by atoms with E-state index in [1.807, 2.05) is 32.2 Å². The zero-order valence-electron chi connectivity index (χ0n) is 10.4. The van der Waals surface area contributed by atoms with E-state index >= 15 is 0 Å². The molecule has 5 heteroatoms. The zero-order valence-corrected chi connectivity index (χ0v) is 11.2. The molecule has 18 heavy (non-hydrogen) atoms. The molecule has 0 saturated heterocycles. The SMILES string of the molecule is CNc1ccc(C)cc1C(=O)NCc1cncs1. The average Bonchev–Trinajstić information content (AvgIpc) is 2.89. The Labute approximate surface area is 110 Å². The molecule has 1 aromatic carbocycles. The van der Waals surface area contributed by atoms with Crippen LogP contribution in [-0.4, -0.2) is 17.9 Å². The van der Waals surface area contributed by atoms with Gasteiger partial charge >= 0.3 is 0 Å². The topological polar surface area (TPSA) is 54.0 Å². The monoisotopic (exact) mass is 261 g/mol. The average molecular weight is 261 g/mol. The Morgan fingerprint density at radius 2 is 2.28 bits per heavy atom. The number of aryl methyl sites for hydroxylation is 1. The number of aromatic nitrogens is 1. The predicted octanol–water partition coefficient (Wildman–Crippen LogP) is 2.42. The van der Waals surface area contributed by atoms with Crippen molar-refractivity contribution in [3.8, 4) is 0 Å². The summed E-state index contributed by atoms with van der Waals surface area (Å²) in [6.07, 6.45) is 1.76. The molecular weight excluding hydrogens is 246 g/mol. The van der Waals surface area contributed by atoms with Gasteiger partial charge in [-0.3, -0.25) is 9.78 Å². The van der Waals surface area contributed by atoms with Gasteiger partial charge in [0.15, 0.2) is 0 Å². The van der Waals surface area contributed by atoms with Gasteiger partial charge in [-0.05, 0) is 19.1 Å². The lowest BCUT2D eigenvalue weighted by molar-refractivity contribution is 0.0952. The first-order chi connectivity index (χ1) is 8.70. The lowest BCUT2D eigenvalue weighted by Gasteiger charge is -2.10. The smallest absolute Gasteiger partial charge is 0.253 e. The second kappa shape index (κ2) is 5.64. The van der Waals surface area contributed by atoms with Crippen LogP contribution >= 0.6 is 11.3 Å². The number of thiazole rings is 1. The minimum atomic E-state index is -0.0727. The molecule has 0 bridgehead atoms. The first kappa shape index (κ1) is 12.6. The first-order valence-corrected chi connectivity index (χ1v) is 6.52. The van der Waals surface area contributed by atoms with Crippen molar-refractivity contribution in [1.29, 1.82) is 0 Å². The maximum absolute atomic E-state index is 12.1. The second-order valence-electron chi connectivity index (χ2n) is 3.95. The van der Waals surface area contributed by atoms with Gasteiger partial charge in [0.25, 0.3) is 5.91 Å². The molecule has 1 amide bonds. The summed E-state index contributed by atoms with van der Waals surface area (Å²) in [5, 5.41) is 5.92. The van der Waals surface area contributed by atoms with Crippen LogP contribution in [0.5, 0.6) is 0 Å². The summed E-state index contributed by atoms with van der Waals surface area (Å²) in [4.78, 5) is 17.1. The fraction of sp³-hybridized carbons (Fsp3) is 0.231. The van der Waals surface area contributed by atoms with Gasteiger partial charge in [-0.25, -0.2) is 0 Å². The number of nitrogens with one attached hydrogen (secondary N) is 2. The van der Waals surface area contributed by atoms with E-state index in [1.165, 1.54) is 11.3 Å². The van der Waals surface area contributed by atoms with Gasteiger partial charge in [0.1, 0.15) is 0 Å². The molecule has 2 aromatic rings. The largest absolute Gasteiger partial charge is 0.387 e. The number of hydrogen-bond acceptors (Lipinski definition) is 4. The van der Waals surface area contributed by atoms with Gasteiger partial charge < -0.3 is 10.6 Å². The number of rotatable bonds is 4. The van der Waals surface area contributed by atoms with Crippen molar-refractivity contribution in [3.05, 3.63) is 45.9 Å². The van der Waals surface area contributed by atoms with Crippen molar-refractivity contribution in [2.75, 3.05) is 12.4 Å². The summed E-state index contributed by atoms with van der Waals surface area (Å²) in [6.45, 7) is 2.49. The van der Waals surface area contributed by atoms with Crippen molar-refractivity contribution in [3.63, 3.8) is 0 Å². The summed E-state index contributed by atoms with van der Waals surface area (Å²) in [7, 11) is 1.81. The Bertz CT molecular complexity index is 537. The zero-order chi connectivity index (χ0) is 13.0. The molecule has 0 atom stereocenters. The van der Waals surface area contributed by atoms with Gasteiger partial charge in [-0.2, -0.15) is 0 Å². The number of carbonyl (C=O) groups is 1. The summed E-state index contributed by atoms with van der Waals surface area (Å²) in [6, 6.07) is 5.77. The molecule has 0 saturated carbocycles. The third-order valence-electron chi connectivity index (χ3n) is 2.60. The van der Waals surface area contributed by atoms with Crippen LogP contribution in [0.4, 0.5) is 5.69 Å². The van der Waals surface area contributed by atoms with Gasteiger partial charge in [-0.1, -0.05) is 11.6 Å². The van der Waals surface area contributed by atoms with E-state index < -0.39 is 0 Å². The van der Waals surface area contributed by atoms with E-state index in [0.717, 1.165) is 16.1 Å². The lowest BCUT2D eigenvalue weighted by Crippen LogP contribution is -2.23. The predicted molar refractivity (Wildman–Crippen MR) is 74.0 cm³/mol. The van der Waals surface area contributed by atoms with Gasteiger partial charge in [0.2, 0.25) is 0 Å². The van der Waals surface area contributed by atoms with Crippen LogP contribution in [0.25, 0.3) is 0 Å². The van der Waals surface area contributed by atoms with Crippen molar-refractivity contribution < 1.29 is 4.79 Å². The molecule has 0 radical (unpaired) electrons. The number of anilines is 1. The molecule has 0 unspecified atom stereocenters. The molecule has 0 aliphatic rings. The van der Waals surface area contributed by atoms with E-state index in [2.05, 4.69) is 15.6 Å². The van der Waals surface area contributed by atoms with E-state index in [1.54, 1.807) is 11.7 Å². The van der Waals surface area contributed by atoms with Crippen molar-refractivity contribution in [2.24, 2.45) is 0 Å². The van der Waals surface area contributed by atoms with E-state index in [4.69, 9.17) is 0 Å². The van der Waals surface area contributed by atoms with Crippen molar-refractivity contribution in [1.82, 2.24) is 10.3 Å². The quantitative estimate of drug-likeness (QED) is 0.888. The van der Waals surface area contributed by atoms with Gasteiger partial charge in [-0.15, -0.1) is 11.3 Å². The summed E-state index contributed by atoms with van der Waals surface area (Å²) in [5.41, 5.74) is 4.33. The molecule has 1 heterocycles. The first-order valence-electron chi connectivity index (χ1n) is 5.64. The van der Waals surface area contributed by atoms with Crippen molar-refractivity contribution >= 4 is 22.9 Å². The van der Waals surface area contributed by atoms with Crippen LogP contribution in [0.1, 0.15) is 20.8 Å². The molecule has 0 fully saturated rings. The highest BCUT2D eigenvalue weighted by Gasteiger charge is 2.10. The van der Waals surface area contributed by atoms with Gasteiger partial charge in [0.05, 0.1) is 17.6 Å². The minimum absolute atomic E-state index is 0.0727. The molecule has 2 rings (SSSR count). The summed E-state index contributed by atoms with van der Waals surface area (Å²) >= 11 is 1.53. The number of benzene rings is 1.